The zero-order valence-electron chi connectivity index (χ0n) is 26.2. The number of rotatable bonds is 15. The summed E-state index contributed by atoms with van der Waals surface area (Å²) in [6.07, 6.45) is 5.10. The van der Waals surface area contributed by atoms with Crippen LogP contribution in [0.2, 0.25) is 71.5 Å². The molecule has 5 nitrogen and oxygen atoms in total. The second-order valence-corrected chi connectivity index (χ2v) is 32.2. The molecule has 0 bridgehead atoms. The molecule has 0 N–H and O–H groups in total. The Labute approximate surface area is 243 Å². The molecular weight excluding hydrogens is 567 g/mol. The minimum atomic E-state index is -2.49. The maximum Gasteiger partial charge on any atom is 0.314 e. The summed E-state index contributed by atoms with van der Waals surface area (Å²) in [5.41, 5.74) is 2.91. The molecule has 0 spiro atoms. The Morgan fingerprint density at radius 1 is 0.590 bits per heavy atom. The number of benzene rings is 2. The van der Waals surface area contributed by atoms with Gasteiger partial charge in [0.1, 0.15) is 0 Å². The summed E-state index contributed by atoms with van der Waals surface area (Å²) < 4.78 is 27.2. The van der Waals surface area contributed by atoms with E-state index in [0.717, 1.165) is 11.1 Å². The molecule has 216 valence electrons. The number of nitrogens with zero attached hydrogens (tertiary/aromatic N) is 1. The topological polar surface area (TPSA) is 60.7 Å². The third-order valence-electron chi connectivity index (χ3n) is 6.57. The Morgan fingerprint density at radius 3 is 1.54 bits per heavy atom. The van der Waals surface area contributed by atoms with Gasteiger partial charge in [-0.15, -0.1) is 0 Å². The molecule has 0 aliphatic heterocycles. The van der Waals surface area contributed by atoms with Gasteiger partial charge in [0.15, 0.2) is 8.32 Å². The molecule has 0 aliphatic rings. The standard InChI is InChI=1S/C29H51NO4Si5/c1-12-13-14-15-24-35(2,3)31-37(6,7)33-39(10,11)34-38(8,9)32-36(4,5)29-22-20-28(21-23-29)27-18-16-26(25-30)17-19-27/h16-23H,12-15,24H2,1-11H3. The molecule has 0 unspecified atom stereocenters. The van der Waals surface area contributed by atoms with Crippen molar-refractivity contribution in [2.75, 3.05) is 0 Å². The van der Waals surface area contributed by atoms with Crippen LogP contribution in [0.25, 0.3) is 11.1 Å². The lowest BCUT2D eigenvalue weighted by Crippen LogP contribution is -2.60. The first kappa shape index (κ1) is 34.1. The van der Waals surface area contributed by atoms with E-state index in [0.29, 0.717) is 5.56 Å². The van der Waals surface area contributed by atoms with E-state index in [4.69, 9.17) is 21.7 Å². The van der Waals surface area contributed by atoms with Crippen LogP contribution in [0.3, 0.4) is 0 Å². The second kappa shape index (κ2) is 13.7. The van der Waals surface area contributed by atoms with Gasteiger partial charge in [-0.3, -0.25) is 0 Å². The highest BCUT2D eigenvalue weighted by Crippen LogP contribution is 2.28. The van der Waals surface area contributed by atoms with Crippen molar-refractivity contribution in [2.45, 2.75) is 104 Å². The first-order valence-electron chi connectivity index (χ1n) is 14.3. The fourth-order valence-corrected chi connectivity index (χ4v) is 29.7. The molecule has 0 atom stereocenters. The van der Waals surface area contributed by atoms with Gasteiger partial charge >= 0.3 is 25.7 Å². The lowest BCUT2D eigenvalue weighted by molar-refractivity contribution is 0.299. The molecular formula is C29H51NO4Si5. The summed E-state index contributed by atoms with van der Waals surface area (Å²) >= 11 is 0. The van der Waals surface area contributed by atoms with Gasteiger partial charge in [-0.2, -0.15) is 5.26 Å². The van der Waals surface area contributed by atoms with Gasteiger partial charge in [0.25, 0.3) is 0 Å². The number of hydrogen-bond donors (Lipinski definition) is 0. The van der Waals surface area contributed by atoms with Crippen molar-refractivity contribution < 1.29 is 16.5 Å². The average molecular weight is 618 g/mol. The zero-order chi connectivity index (χ0) is 29.5. The molecule has 0 saturated carbocycles. The number of hydrogen-bond acceptors (Lipinski definition) is 5. The quantitative estimate of drug-likeness (QED) is 0.148. The molecule has 0 amide bonds. The normalized spacial score (nSPS) is 13.4. The van der Waals surface area contributed by atoms with Gasteiger partial charge in [0.05, 0.1) is 11.6 Å². The predicted molar refractivity (Wildman–Crippen MR) is 177 cm³/mol. The molecule has 0 fully saturated rings. The first-order chi connectivity index (χ1) is 17.9. The molecule has 0 radical (unpaired) electrons. The Hall–Kier alpha value is -1.15. The molecule has 2 aromatic rings. The number of nitriles is 1. The van der Waals surface area contributed by atoms with Crippen molar-refractivity contribution in [3.8, 4) is 17.2 Å². The predicted octanol–water partition coefficient (Wildman–Crippen LogP) is 8.59. The van der Waals surface area contributed by atoms with Crippen molar-refractivity contribution in [3.63, 3.8) is 0 Å². The van der Waals surface area contributed by atoms with Gasteiger partial charge in [0.2, 0.25) is 8.32 Å². The summed E-state index contributed by atoms with van der Waals surface area (Å²) in [5.74, 6) is 0. The van der Waals surface area contributed by atoms with E-state index < -0.39 is 42.3 Å². The lowest BCUT2D eigenvalue weighted by Gasteiger charge is -2.42. The largest absolute Gasteiger partial charge is 0.436 e. The zero-order valence-corrected chi connectivity index (χ0v) is 31.2. The Morgan fingerprint density at radius 2 is 1.05 bits per heavy atom. The highest BCUT2D eigenvalue weighted by molar-refractivity contribution is 6.94. The fraction of sp³-hybridized carbons (Fsp3) is 0.552. The van der Waals surface area contributed by atoms with E-state index in [1.54, 1.807) is 0 Å². The lowest BCUT2D eigenvalue weighted by atomic mass is 10.0. The van der Waals surface area contributed by atoms with Crippen LogP contribution in [-0.4, -0.2) is 42.3 Å². The SMILES string of the molecule is CCCCCC[Si](C)(C)O[Si](C)(C)O[Si](C)(C)O[Si](C)(C)O[Si](C)(C)c1ccc(-c2ccc(C#N)cc2)cc1. The van der Waals surface area contributed by atoms with Crippen LogP contribution in [0.15, 0.2) is 48.5 Å². The Balaban J connectivity index is 2.04. The highest BCUT2D eigenvalue weighted by Gasteiger charge is 2.46. The summed E-state index contributed by atoms with van der Waals surface area (Å²) in [6.45, 7) is 24.3. The Kier molecular flexibility index (Phi) is 11.9. The van der Waals surface area contributed by atoms with Crippen molar-refractivity contribution in [1.29, 1.82) is 5.26 Å². The van der Waals surface area contributed by atoms with Crippen LogP contribution < -0.4 is 5.19 Å². The first-order valence-corrected chi connectivity index (χ1v) is 28.8. The van der Waals surface area contributed by atoms with E-state index in [9.17, 15) is 0 Å². The molecule has 2 rings (SSSR count). The number of unbranched alkanes of at least 4 members (excludes halogenated alkanes) is 3. The van der Waals surface area contributed by atoms with E-state index in [1.807, 2.05) is 24.3 Å². The third-order valence-corrected chi connectivity index (χ3v) is 25.9. The summed E-state index contributed by atoms with van der Waals surface area (Å²) in [4.78, 5) is 0. The van der Waals surface area contributed by atoms with E-state index in [-0.39, 0.29) is 0 Å². The molecule has 0 saturated heterocycles. The van der Waals surface area contributed by atoms with Gasteiger partial charge in [-0.1, -0.05) is 69.0 Å². The maximum atomic E-state index is 9.06. The van der Waals surface area contributed by atoms with Crippen LogP contribution in [0, 0.1) is 11.3 Å². The van der Waals surface area contributed by atoms with Crippen molar-refractivity contribution >= 4 is 47.5 Å². The van der Waals surface area contributed by atoms with Crippen LogP contribution in [0.5, 0.6) is 0 Å². The van der Waals surface area contributed by atoms with Crippen LogP contribution in [0.1, 0.15) is 38.2 Å². The average Bonchev–Trinajstić information content (AvgIpc) is 2.79. The van der Waals surface area contributed by atoms with E-state index >= 15 is 0 Å². The molecule has 39 heavy (non-hydrogen) atoms. The van der Waals surface area contributed by atoms with Gasteiger partial charge in [-0.25, -0.2) is 0 Å². The van der Waals surface area contributed by atoms with Crippen molar-refractivity contribution in [2.24, 2.45) is 0 Å². The smallest absolute Gasteiger partial charge is 0.314 e. The molecule has 2 aromatic carbocycles. The highest BCUT2D eigenvalue weighted by atomic mass is 28.5. The Bertz CT molecular complexity index is 1090. The minimum absolute atomic E-state index is 0.672. The summed E-state index contributed by atoms with van der Waals surface area (Å²) in [7, 11) is -11.3. The molecule has 0 heterocycles. The van der Waals surface area contributed by atoms with Gasteiger partial charge < -0.3 is 16.5 Å². The maximum absolute atomic E-state index is 9.06. The van der Waals surface area contributed by atoms with Crippen molar-refractivity contribution in [3.05, 3.63) is 54.1 Å². The molecule has 0 aliphatic carbocycles. The fourth-order valence-electron chi connectivity index (χ4n) is 5.41. The molecule has 10 heteroatoms. The van der Waals surface area contributed by atoms with Gasteiger partial charge in [-0.05, 0) is 100.0 Å². The van der Waals surface area contributed by atoms with E-state index in [1.165, 1.54) is 36.9 Å². The van der Waals surface area contributed by atoms with Crippen LogP contribution in [0.4, 0.5) is 0 Å². The molecule has 0 aromatic heterocycles. The van der Waals surface area contributed by atoms with E-state index in [2.05, 4.69) is 103 Å². The monoisotopic (exact) mass is 617 g/mol. The van der Waals surface area contributed by atoms with Crippen LogP contribution >= 0.6 is 0 Å². The minimum Gasteiger partial charge on any atom is -0.436 e. The summed E-state index contributed by atoms with van der Waals surface area (Å²) in [6, 6.07) is 19.7. The van der Waals surface area contributed by atoms with Crippen molar-refractivity contribution in [1.82, 2.24) is 0 Å². The van der Waals surface area contributed by atoms with Gasteiger partial charge in [0, 0.05) is 0 Å². The second-order valence-electron chi connectivity index (χ2n) is 13.0. The van der Waals surface area contributed by atoms with Crippen LogP contribution in [-0.2, 0) is 16.5 Å². The summed E-state index contributed by atoms with van der Waals surface area (Å²) in [5, 5.41) is 10.3. The third kappa shape index (κ3) is 11.7.